The molecule has 4 amide bonds. The van der Waals surface area contributed by atoms with Crippen molar-refractivity contribution in [2.75, 3.05) is 18.6 Å². The topological polar surface area (TPSA) is 142 Å². The molecule has 10 nitrogen and oxygen atoms in total. The number of carboxylic acids is 1. The Morgan fingerprint density at radius 3 is 2.52 bits per heavy atom. The molecule has 0 aromatic heterocycles. The van der Waals surface area contributed by atoms with Gasteiger partial charge in [0.15, 0.2) is 11.5 Å². The van der Waals surface area contributed by atoms with Crippen molar-refractivity contribution in [3.8, 4) is 11.5 Å². The van der Waals surface area contributed by atoms with Crippen LogP contribution < -0.4 is 9.64 Å². The van der Waals surface area contributed by atoms with Gasteiger partial charge in [-0.05, 0) is 68.0 Å². The fourth-order valence-corrected chi connectivity index (χ4v) is 7.99. The van der Waals surface area contributed by atoms with Crippen molar-refractivity contribution in [3.63, 3.8) is 0 Å². The maximum absolute atomic E-state index is 14.4. The first kappa shape index (κ1) is 29.8. The summed E-state index contributed by atoms with van der Waals surface area (Å²) in [5.74, 6) is -7.16. The van der Waals surface area contributed by atoms with Gasteiger partial charge in [-0.2, -0.15) is 0 Å². The fraction of sp³-hybridized carbons (Fsp3) is 0.406. The molecule has 0 bridgehead atoms. The van der Waals surface area contributed by atoms with Crippen LogP contribution in [0.1, 0.15) is 44.1 Å². The summed E-state index contributed by atoms with van der Waals surface area (Å²) in [6, 6.07) is 8.31. The van der Waals surface area contributed by atoms with Gasteiger partial charge in [0.1, 0.15) is 5.82 Å². The molecule has 2 heterocycles. The maximum Gasteiger partial charge on any atom is 0.303 e. The number of nitrogens with zero attached hydrogens (tertiary/aromatic N) is 2. The highest BCUT2D eigenvalue weighted by Gasteiger charge is 2.67. The van der Waals surface area contributed by atoms with E-state index in [9.17, 15) is 33.5 Å². The summed E-state index contributed by atoms with van der Waals surface area (Å²) in [7, 11) is 1.39. The summed E-state index contributed by atoms with van der Waals surface area (Å²) >= 11 is 6.03. The Kier molecular flexibility index (Phi) is 7.27. The van der Waals surface area contributed by atoms with Crippen molar-refractivity contribution in [3.05, 3.63) is 64.5 Å². The van der Waals surface area contributed by atoms with E-state index in [2.05, 4.69) is 0 Å². The second-order valence-corrected chi connectivity index (χ2v) is 12.4. The summed E-state index contributed by atoms with van der Waals surface area (Å²) in [6.45, 7) is 1.69. The number of methoxy groups -OCH3 is 1. The molecule has 2 aliphatic carbocycles. The average Bonchev–Trinajstić information content (AvgIpc) is 3.34. The van der Waals surface area contributed by atoms with E-state index >= 15 is 0 Å². The molecule has 2 aliphatic heterocycles. The van der Waals surface area contributed by atoms with Crippen molar-refractivity contribution in [2.45, 2.75) is 38.5 Å². The second kappa shape index (κ2) is 10.7. The molecule has 44 heavy (non-hydrogen) atoms. The lowest BCUT2D eigenvalue weighted by Gasteiger charge is -2.49. The minimum absolute atomic E-state index is 0.0186. The lowest BCUT2D eigenvalue weighted by molar-refractivity contribution is -0.142. The molecule has 6 rings (SSSR count). The molecule has 2 aromatic carbocycles. The molecule has 0 spiro atoms. The number of imide groups is 2. The van der Waals surface area contributed by atoms with Crippen LogP contribution in [-0.2, 0) is 24.0 Å². The minimum atomic E-state index is -1.35. The predicted octanol–water partition coefficient (Wildman–Crippen LogP) is 4.29. The smallest absolute Gasteiger partial charge is 0.303 e. The van der Waals surface area contributed by atoms with E-state index in [1.807, 2.05) is 6.08 Å². The van der Waals surface area contributed by atoms with Crippen molar-refractivity contribution in [2.24, 2.45) is 29.1 Å². The summed E-state index contributed by atoms with van der Waals surface area (Å²) in [5.41, 5.74) is 0.0980. The van der Waals surface area contributed by atoms with E-state index in [-0.39, 0.29) is 60.3 Å². The number of anilines is 1. The van der Waals surface area contributed by atoms with Gasteiger partial charge < -0.3 is 14.9 Å². The van der Waals surface area contributed by atoms with E-state index in [4.69, 9.17) is 21.4 Å². The largest absolute Gasteiger partial charge is 0.504 e. The third kappa shape index (κ3) is 4.31. The first-order chi connectivity index (χ1) is 20.9. The minimum Gasteiger partial charge on any atom is -0.504 e. The van der Waals surface area contributed by atoms with E-state index in [1.165, 1.54) is 25.3 Å². The van der Waals surface area contributed by atoms with Crippen molar-refractivity contribution in [1.29, 1.82) is 0 Å². The SMILES string of the molecule is COc1cc(C2C3=CCC4C(=O)N(CCCC(=O)O)C(=O)C4C3CC3C(=O)N(c4ccc(F)c(Cl)c4)C(=O)C32C)ccc1O. The molecular formula is C32H30ClFN2O8. The normalized spacial score (nSPS) is 29.4. The van der Waals surface area contributed by atoms with Gasteiger partial charge in [0.05, 0.1) is 41.0 Å². The molecule has 230 valence electrons. The molecule has 6 unspecified atom stereocenters. The average molecular weight is 625 g/mol. The van der Waals surface area contributed by atoms with Crippen LogP contribution in [0.5, 0.6) is 11.5 Å². The number of carbonyl (C=O) groups is 5. The summed E-state index contributed by atoms with van der Waals surface area (Å²) in [5, 5.41) is 19.1. The van der Waals surface area contributed by atoms with Crippen molar-refractivity contribution in [1.82, 2.24) is 4.90 Å². The van der Waals surface area contributed by atoms with Crippen LogP contribution in [0, 0.1) is 34.9 Å². The van der Waals surface area contributed by atoms with Crippen LogP contribution in [0.15, 0.2) is 48.0 Å². The van der Waals surface area contributed by atoms with Gasteiger partial charge in [-0.1, -0.05) is 29.3 Å². The zero-order chi connectivity index (χ0) is 31.7. The number of likely N-dealkylation sites (tertiary alicyclic amines) is 1. The Hall–Kier alpha value is -4.25. The standard InChI is InChI=1S/C32H30ClFN2O8/c1-32-20(29(41)36(31(32)43)16-6-9-22(34)21(33)13-16)14-19-17(27(32)15-5-10-23(37)24(12-15)44-2)7-8-18-26(19)30(42)35(28(18)40)11-3-4-25(38)39/h5-7,9-10,12-13,18-20,26-27,37H,3-4,8,11,14H2,1-2H3,(H,38,39). The zero-order valence-corrected chi connectivity index (χ0v) is 24.7. The number of hydrogen-bond acceptors (Lipinski definition) is 7. The molecule has 2 saturated heterocycles. The predicted molar refractivity (Wildman–Crippen MR) is 154 cm³/mol. The zero-order valence-electron chi connectivity index (χ0n) is 24.0. The molecule has 2 aromatic rings. The Balaban J connectivity index is 1.46. The van der Waals surface area contributed by atoms with Crippen molar-refractivity contribution >= 4 is 46.9 Å². The van der Waals surface area contributed by atoms with Gasteiger partial charge in [-0.15, -0.1) is 0 Å². The van der Waals surface area contributed by atoms with E-state index < -0.39 is 64.5 Å². The number of halogens is 2. The number of allylic oxidation sites excluding steroid dienone is 2. The number of benzene rings is 2. The number of hydrogen-bond donors (Lipinski definition) is 2. The van der Waals surface area contributed by atoms with Gasteiger partial charge in [-0.3, -0.25) is 28.9 Å². The van der Waals surface area contributed by atoms with Crippen LogP contribution >= 0.6 is 11.6 Å². The molecule has 2 N–H and O–H groups in total. The van der Waals surface area contributed by atoms with Gasteiger partial charge in [0.25, 0.3) is 0 Å². The first-order valence-electron chi connectivity index (χ1n) is 14.4. The number of fused-ring (bicyclic) bond motifs is 4. The van der Waals surface area contributed by atoms with Gasteiger partial charge in [0, 0.05) is 18.9 Å². The van der Waals surface area contributed by atoms with Crippen molar-refractivity contribution < 1.29 is 43.3 Å². The van der Waals surface area contributed by atoms with E-state index in [1.54, 1.807) is 19.1 Å². The number of amides is 4. The van der Waals surface area contributed by atoms with E-state index in [0.29, 0.717) is 5.56 Å². The highest BCUT2D eigenvalue weighted by Crippen LogP contribution is 2.64. The number of carboxylic acid groups (broad SMARTS) is 1. The number of ether oxygens (including phenoxy) is 1. The Morgan fingerprint density at radius 2 is 1.84 bits per heavy atom. The quantitative estimate of drug-likeness (QED) is 0.343. The van der Waals surface area contributed by atoms with Gasteiger partial charge in [-0.25, -0.2) is 9.29 Å². The molecule has 6 atom stereocenters. The van der Waals surface area contributed by atoms with Crippen LogP contribution in [0.25, 0.3) is 0 Å². The van der Waals surface area contributed by atoms with Gasteiger partial charge >= 0.3 is 5.97 Å². The first-order valence-corrected chi connectivity index (χ1v) is 14.7. The molecule has 0 radical (unpaired) electrons. The summed E-state index contributed by atoms with van der Waals surface area (Å²) < 4.78 is 19.4. The molecule has 4 aliphatic rings. The Morgan fingerprint density at radius 1 is 1.09 bits per heavy atom. The van der Waals surface area contributed by atoms with Crippen LogP contribution in [0.4, 0.5) is 10.1 Å². The Bertz CT molecular complexity index is 1660. The number of rotatable bonds is 7. The lowest BCUT2D eigenvalue weighted by Crippen LogP contribution is -2.48. The van der Waals surface area contributed by atoms with Crippen LogP contribution in [0.3, 0.4) is 0 Å². The highest BCUT2D eigenvalue weighted by molar-refractivity contribution is 6.31. The Labute approximate surface area is 257 Å². The monoisotopic (exact) mass is 624 g/mol. The van der Waals surface area contributed by atoms with Crippen LogP contribution in [-0.4, -0.2) is 58.4 Å². The molecule has 12 heteroatoms. The second-order valence-electron chi connectivity index (χ2n) is 12.0. The third-order valence-electron chi connectivity index (χ3n) is 9.84. The molecule has 3 fully saturated rings. The van der Waals surface area contributed by atoms with E-state index in [0.717, 1.165) is 21.4 Å². The maximum atomic E-state index is 14.4. The number of phenolic OH excluding ortho intramolecular Hbond substituents is 1. The summed E-state index contributed by atoms with van der Waals surface area (Å²) in [4.78, 5) is 69.0. The fourth-order valence-electron chi connectivity index (χ4n) is 7.81. The van der Waals surface area contributed by atoms with Gasteiger partial charge in [0.2, 0.25) is 23.6 Å². The van der Waals surface area contributed by atoms with Crippen LogP contribution in [0.2, 0.25) is 5.02 Å². The lowest BCUT2D eigenvalue weighted by atomic mass is 9.51. The number of aliphatic carboxylic acids is 1. The number of phenols is 1. The third-order valence-corrected chi connectivity index (χ3v) is 10.1. The number of carbonyl (C=O) groups excluding carboxylic acids is 4. The molecular weight excluding hydrogens is 595 g/mol. The highest BCUT2D eigenvalue weighted by atomic mass is 35.5. The number of aromatic hydroxyl groups is 1. The summed E-state index contributed by atoms with van der Waals surface area (Å²) in [6.07, 6.45) is 2.17. The molecule has 1 saturated carbocycles.